The van der Waals surface area contributed by atoms with Gasteiger partial charge in [0.1, 0.15) is 10.6 Å². The standard InChI is InChI=1S/C23H29N3O4S/c1-24-12-6-13-25(16-15-24)23(27)19-10-11-21(30-2)22(17-19)31(28,29)26-14-5-8-18-7-3-4-9-20(18)26/h3-4,7,9-11,17H,5-6,8,12-16H2,1-2H3/p+1. The zero-order chi connectivity index (χ0) is 22.0. The predicted molar refractivity (Wildman–Crippen MR) is 119 cm³/mol. The van der Waals surface area contributed by atoms with Crippen LogP contribution in [-0.4, -0.2) is 66.1 Å². The van der Waals surface area contributed by atoms with Crippen molar-refractivity contribution in [1.82, 2.24) is 4.90 Å². The quantitative estimate of drug-likeness (QED) is 0.769. The molecule has 1 atom stereocenters. The summed E-state index contributed by atoms with van der Waals surface area (Å²) in [5.41, 5.74) is 2.09. The molecule has 0 aliphatic carbocycles. The largest absolute Gasteiger partial charge is 0.495 e. The van der Waals surface area contributed by atoms with Gasteiger partial charge in [-0.3, -0.25) is 9.10 Å². The molecule has 1 unspecified atom stereocenters. The number of fused-ring (bicyclic) bond motifs is 1. The number of ether oxygens (including phenoxy) is 1. The molecule has 31 heavy (non-hydrogen) atoms. The molecule has 2 heterocycles. The van der Waals surface area contributed by atoms with Crippen LogP contribution in [0.1, 0.15) is 28.8 Å². The number of carbonyl (C=O) groups is 1. The molecule has 0 aromatic heterocycles. The van der Waals surface area contributed by atoms with E-state index in [1.165, 1.54) is 22.4 Å². The summed E-state index contributed by atoms with van der Waals surface area (Å²) in [6.07, 6.45) is 2.54. The highest BCUT2D eigenvalue weighted by molar-refractivity contribution is 7.93. The van der Waals surface area contributed by atoms with Crippen molar-refractivity contribution in [3.05, 3.63) is 53.6 Å². The number of sulfonamides is 1. The lowest BCUT2D eigenvalue weighted by Gasteiger charge is -2.31. The number of hydrogen-bond acceptors (Lipinski definition) is 4. The summed E-state index contributed by atoms with van der Waals surface area (Å²) in [7, 11) is -0.308. The van der Waals surface area contributed by atoms with Gasteiger partial charge in [-0.15, -0.1) is 0 Å². The SMILES string of the molecule is COc1ccc(C(=O)N2CCC[NH+](C)CC2)cc1S(=O)(=O)N1CCCc2ccccc21. The van der Waals surface area contributed by atoms with Crippen LogP contribution in [0.3, 0.4) is 0 Å². The van der Waals surface area contributed by atoms with Gasteiger partial charge in [0.2, 0.25) is 0 Å². The van der Waals surface area contributed by atoms with E-state index < -0.39 is 10.0 Å². The average molecular weight is 445 g/mol. The highest BCUT2D eigenvalue weighted by Gasteiger charge is 2.32. The van der Waals surface area contributed by atoms with E-state index in [0.717, 1.165) is 37.9 Å². The lowest BCUT2D eigenvalue weighted by Crippen LogP contribution is -3.09. The summed E-state index contributed by atoms with van der Waals surface area (Å²) in [6, 6.07) is 12.3. The van der Waals surface area contributed by atoms with Crippen molar-refractivity contribution >= 4 is 21.6 Å². The van der Waals surface area contributed by atoms with Gasteiger partial charge in [0.15, 0.2) is 0 Å². The molecule has 4 rings (SSSR count). The first-order chi connectivity index (χ1) is 14.9. The third-order valence-electron chi connectivity index (χ3n) is 6.17. The minimum absolute atomic E-state index is 0.0371. The Labute approximate surface area is 184 Å². The maximum absolute atomic E-state index is 13.7. The van der Waals surface area contributed by atoms with Crippen molar-refractivity contribution in [3.63, 3.8) is 0 Å². The Bertz CT molecular complexity index is 1070. The maximum Gasteiger partial charge on any atom is 0.268 e. The number of anilines is 1. The lowest BCUT2D eigenvalue weighted by atomic mass is 10.0. The molecular formula is C23H30N3O4S+. The van der Waals surface area contributed by atoms with Gasteiger partial charge in [-0.1, -0.05) is 18.2 Å². The Morgan fingerprint density at radius 3 is 2.65 bits per heavy atom. The first-order valence-corrected chi connectivity index (χ1v) is 12.2. The number of rotatable bonds is 4. The number of aryl methyl sites for hydroxylation is 1. The molecular weight excluding hydrogens is 414 g/mol. The Morgan fingerprint density at radius 2 is 1.84 bits per heavy atom. The summed E-state index contributed by atoms with van der Waals surface area (Å²) in [5, 5.41) is 0. The lowest BCUT2D eigenvalue weighted by molar-refractivity contribution is -0.877. The molecule has 1 fully saturated rings. The monoisotopic (exact) mass is 444 g/mol. The van der Waals surface area contributed by atoms with Crippen LogP contribution in [0.2, 0.25) is 0 Å². The number of para-hydroxylation sites is 1. The smallest absolute Gasteiger partial charge is 0.268 e. The molecule has 0 bridgehead atoms. The van der Waals surface area contributed by atoms with E-state index in [2.05, 4.69) is 7.05 Å². The van der Waals surface area contributed by atoms with Gasteiger partial charge in [0.25, 0.3) is 15.9 Å². The van der Waals surface area contributed by atoms with Crippen molar-refractivity contribution in [1.29, 1.82) is 0 Å². The minimum atomic E-state index is -3.89. The number of carbonyl (C=O) groups excluding carboxylic acids is 1. The number of nitrogens with one attached hydrogen (secondary N) is 1. The molecule has 7 nitrogen and oxygen atoms in total. The number of amides is 1. The topological polar surface area (TPSA) is 71.4 Å². The third-order valence-corrected chi connectivity index (χ3v) is 8.01. The summed E-state index contributed by atoms with van der Waals surface area (Å²) in [6.45, 7) is 3.67. The van der Waals surface area contributed by atoms with Crippen molar-refractivity contribution in [3.8, 4) is 5.75 Å². The fourth-order valence-electron chi connectivity index (χ4n) is 4.40. The van der Waals surface area contributed by atoms with Crippen LogP contribution < -0.4 is 13.9 Å². The number of hydrogen-bond donors (Lipinski definition) is 1. The highest BCUT2D eigenvalue weighted by Crippen LogP contribution is 2.35. The minimum Gasteiger partial charge on any atom is -0.495 e. The first kappa shape index (κ1) is 21.6. The number of methoxy groups -OCH3 is 1. The molecule has 2 aromatic carbocycles. The number of likely N-dealkylation sites (N-methyl/N-ethyl adjacent to an activating group) is 1. The van der Waals surface area contributed by atoms with Crippen LogP contribution in [0.15, 0.2) is 47.4 Å². The molecule has 2 aliphatic heterocycles. The summed E-state index contributed by atoms with van der Waals surface area (Å²) < 4.78 is 34.2. The normalized spacial score (nSPS) is 19.5. The fraction of sp³-hybridized carbons (Fsp3) is 0.435. The maximum atomic E-state index is 13.7. The second-order valence-electron chi connectivity index (χ2n) is 8.28. The van der Waals surface area contributed by atoms with Crippen LogP contribution in [0.5, 0.6) is 5.75 Å². The van der Waals surface area contributed by atoms with Gasteiger partial charge in [-0.2, -0.15) is 0 Å². The van der Waals surface area contributed by atoms with Gasteiger partial charge in [-0.25, -0.2) is 8.42 Å². The van der Waals surface area contributed by atoms with E-state index in [1.807, 2.05) is 29.2 Å². The second-order valence-corrected chi connectivity index (χ2v) is 10.1. The molecule has 166 valence electrons. The summed E-state index contributed by atoms with van der Waals surface area (Å²) in [4.78, 5) is 16.4. The summed E-state index contributed by atoms with van der Waals surface area (Å²) in [5.74, 6) is 0.118. The molecule has 1 N–H and O–H groups in total. The molecule has 1 saturated heterocycles. The fourth-order valence-corrected chi connectivity index (χ4v) is 6.12. The van der Waals surface area contributed by atoms with Crippen LogP contribution in [0, 0.1) is 0 Å². The van der Waals surface area contributed by atoms with Crippen LogP contribution in [0.25, 0.3) is 0 Å². The molecule has 0 spiro atoms. The van der Waals surface area contributed by atoms with Crippen LogP contribution in [0.4, 0.5) is 5.69 Å². The Kier molecular flexibility index (Phi) is 6.20. The predicted octanol–water partition coefficient (Wildman–Crippen LogP) is 1.20. The summed E-state index contributed by atoms with van der Waals surface area (Å²) >= 11 is 0. The molecule has 1 amide bonds. The van der Waals surface area contributed by atoms with Gasteiger partial charge in [0, 0.05) is 25.1 Å². The van der Waals surface area contributed by atoms with Gasteiger partial charge < -0.3 is 14.5 Å². The van der Waals surface area contributed by atoms with E-state index >= 15 is 0 Å². The zero-order valence-electron chi connectivity index (χ0n) is 18.1. The molecule has 8 heteroatoms. The molecule has 2 aliphatic rings. The van der Waals surface area contributed by atoms with E-state index in [-0.39, 0.29) is 16.6 Å². The Balaban J connectivity index is 1.70. The molecule has 0 saturated carbocycles. The number of benzene rings is 2. The Hall–Kier alpha value is -2.58. The second kappa shape index (κ2) is 8.88. The van der Waals surface area contributed by atoms with Crippen LogP contribution in [-0.2, 0) is 16.4 Å². The molecule has 0 radical (unpaired) electrons. The van der Waals surface area contributed by atoms with Crippen molar-refractivity contribution in [2.45, 2.75) is 24.2 Å². The van der Waals surface area contributed by atoms with Gasteiger partial charge >= 0.3 is 0 Å². The van der Waals surface area contributed by atoms with Crippen molar-refractivity contribution in [2.24, 2.45) is 0 Å². The van der Waals surface area contributed by atoms with Crippen molar-refractivity contribution < 1.29 is 22.8 Å². The van der Waals surface area contributed by atoms with Gasteiger partial charge in [0.05, 0.1) is 39.5 Å². The third kappa shape index (κ3) is 4.27. The number of nitrogens with zero attached hydrogens (tertiary/aromatic N) is 2. The van der Waals surface area contributed by atoms with Gasteiger partial charge in [-0.05, 0) is 42.7 Å². The van der Waals surface area contributed by atoms with Crippen LogP contribution >= 0.6 is 0 Å². The zero-order valence-corrected chi connectivity index (χ0v) is 19.0. The average Bonchev–Trinajstić information content (AvgIpc) is 3.02. The number of quaternary nitrogens is 1. The first-order valence-electron chi connectivity index (χ1n) is 10.8. The Morgan fingerprint density at radius 1 is 1.03 bits per heavy atom. The van der Waals surface area contributed by atoms with E-state index in [4.69, 9.17) is 4.74 Å². The molecule has 2 aromatic rings. The van der Waals surface area contributed by atoms with E-state index in [1.54, 1.807) is 12.1 Å². The highest BCUT2D eigenvalue weighted by atomic mass is 32.2. The van der Waals surface area contributed by atoms with E-state index in [0.29, 0.717) is 30.9 Å². The van der Waals surface area contributed by atoms with Crippen molar-refractivity contribution in [2.75, 3.05) is 51.2 Å². The van der Waals surface area contributed by atoms with E-state index in [9.17, 15) is 13.2 Å².